The highest BCUT2D eigenvalue weighted by Crippen LogP contribution is 2.36. The maximum absolute atomic E-state index is 10.6. The van der Waals surface area contributed by atoms with Crippen LogP contribution in [0.4, 0.5) is 13.2 Å². The van der Waals surface area contributed by atoms with Gasteiger partial charge < -0.3 is 14.4 Å². The number of aliphatic carboxylic acids is 1. The molecule has 11 heteroatoms. The number of morpholine rings is 1. The number of aromatic nitrogens is 3. The van der Waals surface area contributed by atoms with Crippen LogP contribution in [-0.2, 0) is 22.6 Å². The van der Waals surface area contributed by atoms with Gasteiger partial charge in [0.1, 0.15) is 12.7 Å². The molecule has 7 nitrogen and oxygen atoms in total. The first-order valence-corrected chi connectivity index (χ1v) is 9.78. The van der Waals surface area contributed by atoms with Crippen LogP contribution in [0.1, 0.15) is 18.4 Å². The molecule has 4 rings (SSSR count). The summed E-state index contributed by atoms with van der Waals surface area (Å²) < 4.78 is 39.9. The van der Waals surface area contributed by atoms with Gasteiger partial charge in [0.05, 0.1) is 12.7 Å². The van der Waals surface area contributed by atoms with Crippen molar-refractivity contribution >= 4 is 17.3 Å². The van der Waals surface area contributed by atoms with Crippen LogP contribution in [0.2, 0.25) is 0 Å². The lowest BCUT2D eigenvalue weighted by molar-refractivity contribution is -0.192. The third-order valence-electron chi connectivity index (χ3n) is 4.96. The number of rotatable bonds is 4. The topological polar surface area (TPSA) is 80.5 Å². The second kappa shape index (κ2) is 9.01. The summed E-state index contributed by atoms with van der Waals surface area (Å²) in [5, 5.41) is 19.3. The van der Waals surface area contributed by atoms with E-state index in [1.165, 1.54) is 18.4 Å². The van der Waals surface area contributed by atoms with Gasteiger partial charge in [0.2, 0.25) is 0 Å². The van der Waals surface area contributed by atoms with Gasteiger partial charge >= 0.3 is 12.1 Å². The molecule has 0 amide bonds. The van der Waals surface area contributed by atoms with E-state index < -0.39 is 12.1 Å². The zero-order chi connectivity index (χ0) is 20.1. The summed E-state index contributed by atoms with van der Waals surface area (Å²) in [4.78, 5) is 11.5. The Bertz CT molecular complexity index is 739. The van der Waals surface area contributed by atoms with Gasteiger partial charge in [-0.05, 0) is 35.2 Å². The highest BCUT2D eigenvalue weighted by molar-refractivity contribution is 7.07. The summed E-state index contributed by atoms with van der Waals surface area (Å²) in [5.74, 6) is -2.18. The predicted molar refractivity (Wildman–Crippen MR) is 94.7 cm³/mol. The number of alkyl halides is 3. The van der Waals surface area contributed by atoms with Crippen molar-refractivity contribution in [2.24, 2.45) is 5.92 Å². The Hall–Kier alpha value is -1.98. The lowest BCUT2D eigenvalue weighted by atomic mass is 10.0. The molecule has 0 radical (unpaired) electrons. The Morgan fingerprint density at radius 3 is 2.64 bits per heavy atom. The van der Waals surface area contributed by atoms with Gasteiger partial charge in [-0.2, -0.15) is 24.5 Å². The molecule has 3 unspecified atom stereocenters. The minimum Gasteiger partial charge on any atom is -0.475 e. The average molecular weight is 418 g/mol. The average Bonchev–Trinajstić information content (AvgIpc) is 3.38. The van der Waals surface area contributed by atoms with Crippen LogP contribution in [0.5, 0.6) is 0 Å². The van der Waals surface area contributed by atoms with Gasteiger partial charge in [0.25, 0.3) is 0 Å². The van der Waals surface area contributed by atoms with Crippen molar-refractivity contribution in [3.05, 3.63) is 35.0 Å². The molecule has 2 aromatic rings. The van der Waals surface area contributed by atoms with Gasteiger partial charge in [-0.3, -0.25) is 4.90 Å². The predicted octanol–water partition coefficient (Wildman–Crippen LogP) is 2.65. The summed E-state index contributed by atoms with van der Waals surface area (Å²) >= 11 is 1.78. The molecule has 1 aliphatic carbocycles. The van der Waals surface area contributed by atoms with E-state index in [-0.39, 0.29) is 0 Å². The maximum atomic E-state index is 10.6. The third kappa shape index (κ3) is 5.30. The Kier molecular flexibility index (Phi) is 6.68. The molecule has 0 aromatic carbocycles. The van der Waals surface area contributed by atoms with Crippen molar-refractivity contribution < 1.29 is 27.8 Å². The molecule has 28 heavy (non-hydrogen) atoms. The summed E-state index contributed by atoms with van der Waals surface area (Å²) in [6.45, 7) is 3.94. The van der Waals surface area contributed by atoms with Gasteiger partial charge in [-0.25, -0.2) is 4.79 Å². The summed E-state index contributed by atoms with van der Waals surface area (Å²) in [7, 11) is 0. The molecule has 1 N–H and O–H groups in total. The van der Waals surface area contributed by atoms with E-state index in [1.54, 1.807) is 24.0 Å². The fourth-order valence-corrected chi connectivity index (χ4v) is 4.39. The maximum Gasteiger partial charge on any atom is 0.490 e. The van der Waals surface area contributed by atoms with Crippen LogP contribution in [0.15, 0.2) is 29.5 Å². The number of thiophene rings is 1. The zero-order valence-electron chi connectivity index (χ0n) is 15.0. The van der Waals surface area contributed by atoms with E-state index in [2.05, 4.69) is 36.5 Å². The summed E-state index contributed by atoms with van der Waals surface area (Å²) in [6, 6.07) is 2.80. The van der Waals surface area contributed by atoms with Crippen LogP contribution in [0.25, 0.3) is 0 Å². The van der Waals surface area contributed by atoms with Crippen molar-refractivity contribution in [3.63, 3.8) is 0 Å². The molecule has 3 atom stereocenters. The van der Waals surface area contributed by atoms with Crippen molar-refractivity contribution in [1.29, 1.82) is 0 Å². The van der Waals surface area contributed by atoms with E-state index in [0.29, 0.717) is 18.1 Å². The largest absolute Gasteiger partial charge is 0.490 e. The molecule has 0 bridgehead atoms. The Morgan fingerprint density at radius 2 is 2.04 bits per heavy atom. The normalized spacial score (nSPS) is 25.0. The number of carboxylic acid groups (broad SMARTS) is 1. The minimum absolute atomic E-state index is 0.361. The Balaban J connectivity index is 0.000000279. The fraction of sp³-hybridized carbons (Fsp3) is 0.588. The number of carboxylic acids is 1. The first-order valence-electron chi connectivity index (χ1n) is 8.84. The van der Waals surface area contributed by atoms with Crippen LogP contribution in [0, 0.1) is 5.92 Å². The molecule has 1 saturated heterocycles. The quantitative estimate of drug-likeness (QED) is 0.822. The highest BCUT2D eigenvalue weighted by Gasteiger charge is 2.42. The second-order valence-electron chi connectivity index (χ2n) is 6.80. The number of hydrogen-bond acceptors (Lipinski definition) is 6. The van der Waals surface area contributed by atoms with E-state index >= 15 is 0 Å². The fourth-order valence-electron chi connectivity index (χ4n) is 3.73. The number of fused-ring (bicyclic) bond motifs is 1. The number of carbonyl (C=O) groups is 1. The summed E-state index contributed by atoms with van der Waals surface area (Å²) in [5.41, 5.74) is 1.43. The third-order valence-corrected chi connectivity index (χ3v) is 5.69. The van der Waals surface area contributed by atoms with Gasteiger partial charge in [-0.15, -0.1) is 10.2 Å². The molecule has 3 heterocycles. The molecule has 1 aliphatic heterocycles. The van der Waals surface area contributed by atoms with E-state index in [1.807, 2.05) is 0 Å². The van der Waals surface area contributed by atoms with Gasteiger partial charge in [-0.1, -0.05) is 0 Å². The lowest BCUT2D eigenvalue weighted by Crippen LogP contribution is -2.50. The molecule has 2 aliphatic rings. The van der Waals surface area contributed by atoms with E-state index in [9.17, 15) is 13.2 Å². The number of hydrogen-bond donors (Lipinski definition) is 1. The SMILES string of the molecule is O=C(O)C(F)(F)F.c1cc(CN2CCOC3C(Cn4cnnc4)CCC32)cs1. The van der Waals surface area contributed by atoms with E-state index in [4.69, 9.17) is 14.6 Å². The molecule has 154 valence electrons. The first kappa shape index (κ1) is 20.7. The molecule has 1 saturated carbocycles. The van der Waals surface area contributed by atoms with Crippen LogP contribution in [0.3, 0.4) is 0 Å². The molecular weight excluding hydrogens is 397 g/mol. The molecule has 0 spiro atoms. The van der Waals surface area contributed by atoms with Crippen LogP contribution in [-0.4, -0.2) is 62.2 Å². The van der Waals surface area contributed by atoms with Crippen LogP contribution < -0.4 is 0 Å². The van der Waals surface area contributed by atoms with Gasteiger partial charge in [0, 0.05) is 31.6 Å². The van der Waals surface area contributed by atoms with Crippen molar-refractivity contribution in [2.45, 2.75) is 44.3 Å². The number of halogens is 3. The van der Waals surface area contributed by atoms with E-state index in [0.717, 1.165) is 26.2 Å². The summed E-state index contributed by atoms with van der Waals surface area (Å²) in [6.07, 6.45) is 1.35. The minimum atomic E-state index is -5.08. The Morgan fingerprint density at radius 1 is 1.32 bits per heavy atom. The van der Waals surface area contributed by atoms with Crippen molar-refractivity contribution in [3.8, 4) is 0 Å². The van der Waals surface area contributed by atoms with Crippen molar-refractivity contribution in [2.75, 3.05) is 13.2 Å². The number of nitrogens with zero attached hydrogens (tertiary/aromatic N) is 4. The molecule has 2 aromatic heterocycles. The van der Waals surface area contributed by atoms with Crippen molar-refractivity contribution in [1.82, 2.24) is 19.7 Å². The standard InChI is InChI=1S/C15H20N4OS.C2HF3O2/c1-2-14-15(13(1)8-18-10-16-17-11-18)20-5-4-19(14)7-12-3-6-21-9-12;3-2(4,5)1(6)7/h3,6,9-11,13-15H,1-2,4-5,7-8H2;(H,6,7). The highest BCUT2D eigenvalue weighted by atomic mass is 32.1. The first-order chi connectivity index (χ1) is 13.3. The van der Waals surface area contributed by atoms with Gasteiger partial charge in [0.15, 0.2) is 0 Å². The smallest absolute Gasteiger partial charge is 0.475 e. The molecule has 2 fully saturated rings. The lowest BCUT2D eigenvalue weighted by Gasteiger charge is -2.39. The Labute approximate surface area is 163 Å². The monoisotopic (exact) mass is 418 g/mol. The zero-order valence-corrected chi connectivity index (χ0v) is 15.8. The molecular formula is C17H21F3N4O3S. The number of ether oxygens (including phenoxy) is 1. The van der Waals surface area contributed by atoms with Crippen LogP contribution >= 0.6 is 11.3 Å². The second-order valence-corrected chi connectivity index (χ2v) is 7.58.